The topological polar surface area (TPSA) is 78.9 Å². The number of nitrogens with one attached hydrogen (secondary N) is 1. The fourth-order valence-corrected chi connectivity index (χ4v) is 1.81. The Morgan fingerprint density at radius 2 is 1.80 bits per heavy atom. The van der Waals surface area contributed by atoms with Crippen LogP contribution in [0.2, 0.25) is 0 Å². The molecular formula is C14H24N2O4. The lowest BCUT2D eigenvalue weighted by Crippen LogP contribution is -2.48. The van der Waals surface area contributed by atoms with E-state index in [1.165, 1.54) is 0 Å². The SMILES string of the molecule is C#C.CC(C)(C)OC(=O)N1CCC(NC(=O)CO)CC1. The van der Waals surface area contributed by atoms with Gasteiger partial charge in [0.2, 0.25) is 5.91 Å². The fourth-order valence-electron chi connectivity index (χ4n) is 1.81. The minimum atomic E-state index is -0.494. The van der Waals surface area contributed by atoms with E-state index >= 15 is 0 Å². The minimum absolute atomic E-state index is 0.0309. The molecule has 1 rings (SSSR count). The van der Waals surface area contributed by atoms with E-state index in [1.807, 2.05) is 20.8 Å². The van der Waals surface area contributed by atoms with E-state index in [4.69, 9.17) is 9.84 Å². The first-order valence-corrected chi connectivity index (χ1v) is 6.53. The summed E-state index contributed by atoms with van der Waals surface area (Å²) in [5, 5.41) is 11.3. The molecular weight excluding hydrogens is 260 g/mol. The molecule has 0 saturated carbocycles. The predicted octanol–water partition coefficient (Wildman–Crippen LogP) is 0.744. The molecule has 0 atom stereocenters. The second-order valence-electron chi connectivity index (χ2n) is 5.47. The molecule has 0 aromatic carbocycles. The lowest BCUT2D eigenvalue weighted by Gasteiger charge is -2.33. The summed E-state index contributed by atoms with van der Waals surface area (Å²) in [5.74, 6) is -0.370. The number of rotatable bonds is 2. The van der Waals surface area contributed by atoms with Crippen LogP contribution < -0.4 is 5.32 Å². The zero-order chi connectivity index (χ0) is 15.8. The van der Waals surface area contributed by atoms with Crippen LogP contribution >= 0.6 is 0 Å². The second-order valence-corrected chi connectivity index (χ2v) is 5.47. The summed E-state index contributed by atoms with van der Waals surface area (Å²) in [6.07, 6.45) is 9.06. The van der Waals surface area contributed by atoms with Gasteiger partial charge in [0.1, 0.15) is 12.2 Å². The number of hydrogen-bond acceptors (Lipinski definition) is 4. The number of amides is 2. The first kappa shape index (κ1) is 18.3. The number of piperidine rings is 1. The van der Waals surface area contributed by atoms with Crippen LogP contribution in [0.1, 0.15) is 33.6 Å². The van der Waals surface area contributed by atoms with E-state index in [9.17, 15) is 9.59 Å². The van der Waals surface area contributed by atoms with Gasteiger partial charge in [-0.05, 0) is 33.6 Å². The molecule has 1 fully saturated rings. The second kappa shape index (κ2) is 8.43. The number of hydrogen-bond donors (Lipinski definition) is 2. The molecule has 6 nitrogen and oxygen atoms in total. The highest BCUT2D eigenvalue weighted by molar-refractivity contribution is 5.77. The Labute approximate surface area is 120 Å². The van der Waals surface area contributed by atoms with Crippen molar-refractivity contribution < 1.29 is 19.4 Å². The van der Waals surface area contributed by atoms with Gasteiger partial charge in [-0.25, -0.2) is 4.79 Å². The summed E-state index contributed by atoms with van der Waals surface area (Å²) in [4.78, 5) is 24.4. The summed E-state index contributed by atoms with van der Waals surface area (Å²) in [7, 11) is 0. The average molecular weight is 284 g/mol. The summed E-state index contributed by atoms with van der Waals surface area (Å²) in [6, 6.07) is 0.0309. The number of terminal acetylenes is 1. The maximum atomic E-state index is 11.8. The highest BCUT2D eigenvalue weighted by Gasteiger charge is 2.27. The van der Waals surface area contributed by atoms with Crippen LogP contribution in [0.4, 0.5) is 4.79 Å². The van der Waals surface area contributed by atoms with Gasteiger partial charge in [0.15, 0.2) is 0 Å². The lowest BCUT2D eigenvalue weighted by atomic mass is 10.1. The van der Waals surface area contributed by atoms with Gasteiger partial charge in [-0.15, -0.1) is 12.8 Å². The number of nitrogens with zero attached hydrogens (tertiary/aromatic N) is 1. The summed E-state index contributed by atoms with van der Waals surface area (Å²) >= 11 is 0. The van der Waals surface area contributed by atoms with Crippen molar-refractivity contribution in [3.63, 3.8) is 0 Å². The standard InChI is InChI=1S/C12H22N2O4.C2H2/c1-12(2,3)18-11(17)14-6-4-9(5-7-14)13-10(16)8-15;1-2/h9,15H,4-8H2,1-3H3,(H,13,16);1-2H. The molecule has 1 aliphatic heterocycles. The van der Waals surface area contributed by atoms with Gasteiger partial charge in [0.05, 0.1) is 0 Å². The number of aliphatic hydroxyl groups is 1. The fraction of sp³-hybridized carbons (Fsp3) is 0.714. The molecule has 0 unspecified atom stereocenters. The largest absolute Gasteiger partial charge is 0.444 e. The van der Waals surface area contributed by atoms with Crippen molar-refractivity contribution >= 4 is 12.0 Å². The van der Waals surface area contributed by atoms with Crippen LogP contribution in [0, 0.1) is 12.8 Å². The van der Waals surface area contributed by atoms with Crippen LogP contribution in [0.5, 0.6) is 0 Å². The first-order chi connectivity index (χ1) is 9.31. The zero-order valence-electron chi connectivity index (χ0n) is 12.4. The molecule has 2 amide bonds. The molecule has 0 bridgehead atoms. The van der Waals surface area contributed by atoms with Gasteiger partial charge < -0.3 is 20.1 Å². The van der Waals surface area contributed by atoms with Gasteiger partial charge in [-0.2, -0.15) is 0 Å². The van der Waals surface area contributed by atoms with Crippen molar-refractivity contribution in [2.75, 3.05) is 19.7 Å². The molecule has 2 N–H and O–H groups in total. The molecule has 114 valence electrons. The number of carbonyl (C=O) groups is 2. The number of ether oxygens (including phenoxy) is 1. The Bertz CT molecular complexity index is 339. The maximum Gasteiger partial charge on any atom is 0.410 e. The van der Waals surface area contributed by atoms with E-state index in [0.717, 1.165) is 0 Å². The number of likely N-dealkylation sites (tertiary alicyclic amines) is 1. The maximum absolute atomic E-state index is 11.8. The average Bonchev–Trinajstić information content (AvgIpc) is 2.39. The molecule has 20 heavy (non-hydrogen) atoms. The quantitative estimate of drug-likeness (QED) is 0.733. The summed E-state index contributed by atoms with van der Waals surface area (Å²) in [5.41, 5.74) is -0.487. The predicted molar refractivity (Wildman–Crippen MR) is 75.9 cm³/mol. The van der Waals surface area contributed by atoms with Crippen LogP contribution in [0.25, 0.3) is 0 Å². The van der Waals surface area contributed by atoms with Gasteiger partial charge in [0.25, 0.3) is 0 Å². The first-order valence-electron chi connectivity index (χ1n) is 6.53. The summed E-state index contributed by atoms with van der Waals surface area (Å²) < 4.78 is 5.27. The van der Waals surface area contributed by atoms with E-state index in [2.05, 4.69) is 18.2 Å². The molecule has 1 aliphatic rings. The van der Waals surface area contributed by atoms with E-state index in [-0.39, 0.29) is 18.0 Å². The van der Waals surface area contributed by atoms with Crippen molar-refractivity contribution in [1.82, 2.24) is 10.2 Å². The lowest BCUT2D eigenvalue weighted by molar-refractivity contribution is -0.124. The van der Waals surface area contributed by atoms with Gasteiger partial charge in [0, 0.05) is 19.1 Å². The van der Waals surface area contributed by atoms with Crippen LogP contribution in [0.3, 0.4) is 0 Å². The van der Waals surface area contributed by atoms with Gasteiger partial charge >= 0.3 is 6.09 Å². The molecule has 6 heteroatoms. The molecule has 1 saturated heterocycles. The van der Waals surface area contributed by atoms with Crippen molar-refractivity contribution in [2.24, 2.45) is 0 Å². The molecule has 0 aromatic heterocycles. The Morgan fingerprint density at radius 1 is 1.30 bits per heavy atom. The van der Waals surface area contributed by atoms with Crippen LogP contribution in [-0.2, 0) is 9.53 Å². The van der Waals surface area contributed by atoms with Crippen molar-refractivity contribution in [2.45, 2.75) is 45.3 Å². The molecule has 0 aromatic rings. The van der Waals surface area contributed by atoms with E-state index in [0.29, 0.717) is 25.9 Å². The van der Waals surface area contributed by atoms with Crippen molar-refractivity contribution in [3.05, 3.63) is 0 Å². The highest BCUT2D eigenvalue weighted by Crippen LogP contribution is 2.15. The van der Waals surface area contributed by atoms with Crippen molar-refractivity contribution in [3.8, 4) is 12.8 Å². The van der Waals surface area contributed by atoms with Crippen molar-refractivity contribution in [1.29, 1.82) is 0 Å². The smallest absolute Gasteiger partial charge is 0.410 e. The Kier molecular flexibility index (Phi) is 7.70. The van der Waals surface area contributed by atoms with E-state index in [1.54, 1.807) is 4.90 Å². The third kappa shape index (κ3) is 7.00. The number of aliphatic hydroxyl groups excluding tert-OH is 1. The van der Waals surface area contributed by atoms with Crippen LogP contribution in [0.15, 0.2) is 0 Å². The normalized spacial score (nSPS) is 15.8. The third-order valence-corrected chi connectivity index (χ3v) is 2.66. The Hall–Kier alpha value is -1.74. The Morgan fingerprint density at radius 3 is 2.20 bits per heavy atom. The molecule has 0 radical (unpaired) electrons. The van der Waals surface area contributed by atoms with E-state index < -0.39 is 12.2 Å². The minimum Gasteiger partial charge on any atom is -0.444 e. The highest BCUT2D eigenvalue weighted by atomic mass is 16.6. The molecule has 0 spiro atoms. The monoisotopic (exact) mass is 284 g/mol. The molecule has 1 heterocycles. The van der Waals surface area contributed by atoms with Gasteiger partial charge in [-0.3, -0.25) is 4.79 Å². The Balaban J connectivity index is 0.00000172. The zero-order valence-corrected chi connectivity index (χ0v) is 12.4. The number of carbonyl (C=O) groups excluding carboxylic acids is 2. The van der Waals surface area contributed by atoms with Crippen LogP contribution in [-0.4, -0.2) is 53.3 Å². The van der Waals surface area contributed by atoms with Gasteiger partial charge in [-0.1, -0.05) is 0 Å². The third-order valence-electron chi connectivity index (χ3n) is 2.66. The molecule has 0 aliphatic carbocycles. The summed E-state index contributed by atoms with van der Waals surface area (Å²) in [6.45, 7) is 6.13.